The average molecular weight is 406 g/mol. The predicted molar refractivity (Wildman–Crippen MR) is 114 cm³/mol. The van der Waals surface area contributed by atoms with Gasteiger partial charge in [0.2, 0.25) is 11.1 Å². The number of likely N-dealkylation sites (tertiary alicyclic amines) is 1. The average Bonchev–Trinajstić information content (AvgIpc) is 3.22. The lowest BCUT2D eigenvalue weighted by Gasteiger charge is -2.37. The number of nitrogens with zero attached hydrogens (tertiary/aromatic N) is 4. The van der Waals surface area contributed by atoms with E-state index in [1.54, 1.807) is 0 Å². The molecule has 3 heterocycles. The van der Waals surface area contributed by atoms with Crippen LogP contribution in [0.5, 0.6) is 0 Å². The van der Waals surface area contributed by atoms with Gasteiger partial charge < -0.3 is 10.3 Å². The fraction of sp³-hybridized carbons (Fsp3) is 0.318. The summed E-state index contributed by atoms with van der Waals surface area (Å²) >= 11 is 1.51. The minimum atomic E-state index is -0.268. The molecule has 0 bridgehead atoms. The molecule has 0 saturated carbocycles. The first-order valence-corrected chi connectivity index (χ1v) is 11.0. The lowest BCUT2D eigenvalue weighted by molar-refractivity contribution is -0.131. The molecule has 0 unspecified atom stereocenters. The Hall–Kier alpha value is -2.80. The smallest absolute Gasteiger partial charge is 0.238 e. The third-order valence-corrected chi connectivity index (χ3v) is 6.74. The molecule has 2 atom stereocenters. The van der Waals surface area contributed by atoms with Gasteiger partial charge in [0.1, 0.15) is 5.25 Å². The summed E-state index contributed by atoms with van der Waals surface area (Å²) < 4.78 is 1.93. The van der Waals surface area contributed by atoms with Crippen LogP contribution in [0.15, 0.2) is 65.8 Å². The Morgan fingerprint density at radius 1 is 0.931 bits per heavy atom. The Morgan fingerprint density at radius 3 is 2.34 bits per heavy atom. The Morgan fingerprint density at radius 2 is 1.62 bits per heavy atom. The van der Waals surface area contributed by atoms with Crippen molar-refractivity contribution >= 4 is 17.7 Å². The van der Waals surface area contributed by atoms with Crippen molar-refractivity contribution in [1.29, 1.82) is 0 Å². The largest absolute Gasteiger partial charge is 0.342 e. The number of carbonyl (C=O) groups excluding carboxylic acids is 1. The molecule has 0 aliphatic carbocycles. The Labute approximate surface area is 174 Å². The summed E-state index contributed by atoms with van der Waals surface area (Å²) in [5.41, 5.74) is 5.64. The molecule has 1 fully saturated rings. The van der Waals surface area contributed by atoms with Crippen LogP contribution < -0.4 is 5.43 Å². The number of amides is 1. The molecule has 6 nitrogen and oxygen atoms in total. The van der Waals surface area contributed by atoms with Crippen LogP contribution in [0.1, 0.15) is 30.9 Å². The zero-order valence-electron chi connectivity index (χ0n) is 16.1. The van der Waals surface area contributed by atoms with E-state index < -0.39 is 0 Å². The number of hydrogen-bond donors (Lipinski definition) is 1. The number of carbonyl (C=O) groups is 1. The highest BCUT2D eigenvalue weighted by molar-refractivity contribution is 8.00. The minimum Gasteiger partial charge on any atom is -0.342 e. The van der Waals surface area contributed by atoms with Crippen LogP contribution in [-0.4, -0.2) is 44.0 Å². The van der Waals surface area contributed by atoms with Crippen molar-refractivity contribution in [3.63, 3.8) is 0 Å². The number of benzene rings is 2. The van der Waals surface area contributed by atoms with Crippen molar-refractivity contribution in [2.24, 2.45) is 0 Å². The van der Waals surface area contributed by atoms with Gasteiger partial charge in [0.15, 0.2) is 5.82 Å². The second-order valence-electron chi connectivity index (χ2n) is 7.45. The maximum absolute atomic E-state index is 13.4. The summed E-state index contributed by atoms with van der Waals surface area (Å²) in [6.45, 7) is 1.69. The monoisotopic (exact) mass is 405 g/mol. The fourth-order valence-electron chi connectivity index (χ4n) is 4.02. The summed E-state index contributed by atoms with van der Waals surface area (Å²) in [5.74, 6) is 0.949. The van der Waals surface area contributed by atoms with Gasteiger partial charge in [-0.3, -0.25) is 4.79 Å². The van der Waals surface area contributed by atoms with Gasteiger partial charge in [0.05, 0.1) is 6.04 Å². The number of aromatic nitrogens is 3. The highest BCUT2D eigenvalue weighted by Gasteiger charge is 2.40. The number of piperidine rings is 1. The summed E-state index contributed by atoms with van der Waals surface area (Å²) in [6, 6.07) is 20.0. The maximum Gasteiger partial charge on any atom is 0.238 e. The van der Waals surface area contributed by atoms with Crippen molar-refractivity contribution in [2.75, 3.05) is 18.5 Å². The highest BCUT2D eigenvalue weighted by Crippen LogP contribution is 2.39. The zero-order chi connectivity index (χ0) is 19.6. The van der Waals surface area contributed by atoms with E-state index in [0.717, 1.165) is 48.0 Å². The molecule has 1 aromatic heterocycles. The van der Waals surface area contributed by atoms with Gasteiger partial charge in [0.25, 0.3) is 0 Å². The van der Waals surface area contributed by atoms with Crippen LogP contribution in [0, 0.1) is 0 Å². The molecule has 2 aromatic carbocycles. The van der Waals surface area contributed by atoms with E-state index in [0.29, 0.717) is 0 Å². The van der Waals surface area contributed by atoms with Crippen molar-refractivity contribution in [3.8, 4) is 11.4 Å². The molecule has 1 N–H and O–H groups in total. The highest BCUT2D eigenvalue weighted by atomic mass is 32.2. The van der Waals surface area contributed by atoms with Crippen molar-refractivity contribution in [3.05, 3.63) is 66.2 Å². The van der Waals surface area contributed by atoms with E-state index in [1.807, 2.05) is 58.1 Å². The van der Waals surface area contributed by atoms with E-state index in [9.17, 15) is 4.79 Å². The van der Waals surface area contributed by atoms with E-state index in [1.165, 1.54) is 18.2 Å². The molecule has 29 heavy (non-hydrogen) atoms. The van der Waals surface area contributed by atoms with Crippen LogP contribution in [0.25, 0.3) is 11.4 Å². The number of thioether (sulfide) groups is 1. The van der Waals surface area contributed by atoms with Gasteiger partial charge in [-0.15, -0.1) is 10.2 Å². The quantitative estimate of drug-likeness (QED) is 0.720. The molecule has 0 radical (unpaired) electrons. The molecular weight excluding hydrogens is 382 g/mol. The van der Waals surface area contributed by atoms with Gasteiger partial charge in [-0.1, -0.05) is 72.4 Å². The van der Waals surface area contributed by atoms with Crippen LogP contribution in [0.2, 0.25) is 0 Å². The normalized spacial score (nSPS) is 21.3. The molecule has 0 spiro atoms. The molecule has 1 amide bonds. The number of fused-ring (bicyclic) bond motifs is 1. The van der Waals surface area contributed by atoms with Crippen LogP contribution in [0.4, 0.5) is 0 Å². The first-order chi connectivity index (χ1) is 14.3. The summed E-state index contributed by atoms with van der Waals surface area (Å²) in [4.78, 5) is 15.4. The van der Waals surface area contributed by atoms with Gasteiger partial charge in [-0.2, -0.15) is 0 Å². The van der Waals surface area contributed by atoms with Crippen molar-refractivity contribution in [1.82, 2.24) is 19.8 Å². The van der Waals surface area contributed by atoms with E-state index in [4.69, 9.17) is 0 Å². The first-order valence-electron chi connectivity index (χ1n) is 10.1. The van der Waals surface area contributed by atoms with Crippen LogP contribution in [0.3, 0.4) is 0 Å². The Balaban J connectivity index is 1.52. The molecule has 7 heteroatoms. The molecule has 2 aliphatic rings. The summed E-state index contributed by atoms with van der Waals surface area (Å²) in [6.07, 6.45) is 3.37. The van der Waals surface area contributed by atoms with Crippen molar-refractivity contribution in [2.45, 2.75) is 35.7 Å². The summed E-state index contributed by atoms with van der Waals surface area (Å²) in [7, 11) is 0. The Kier molecular flexibility index (Phi) is 4.97. The second kappa shape index (κ2) is 7.91. The zero-order valence-corrected chi connectivity index (χ0v) is 16.9. The third-order valence-electron chi connectivity index (χ3n) is 5.54. The second-order valence-corrected chi connectivity index (χ2v) is 8.56. The number of nitrogens with one attached hydrogen (secondary N) is 1. The van der Waals surface area contributed by atoms with Gasteiger partial charge >= 0.3 is 0 Å². The van der Waals surface area contributed by atoms with E-state index in [-0.39, 0.29) is 17.2 Å². The minimum absolute atomic E-state index is 0.151. The molecule has 5 rings (SSSR count). The van der Waals surface area contributed by atoms with Crippen LogP contribution in [-0.2, 0) is 4.79 Å². The van der Waals surface area contributed by atoms with Crippen molar-refractivity contribution < 1.29 is 4.79 Å². The van der Waals surface area contributed by atoms with Crippen LogP contribution >= 0.6 is 11.8 Å². The summed E-state index contributed by atoms with van der Waals surface area (Å²) in [5, 5.41) is 9.25. The fourth-order valence-corrected chi connectivity index (χ4v) is 5.19. The third kappa shape index (κ3) is 3.51. The number of hydrogen-bond acceptors (Lipinski definition) is 5. The van der Waals surface area contributed by atoms with E-state index in [2.05, 4.69) is 27.8 Å². The van der Waals surface area contributed by atoms with E-state index >= 15 is 0 Å². The topological polar surface area (TPSA) is 63.1 Å². The molecule has 148 valence electrons. The molecule has 3 aromatic rings. The lowest BCUT2D eigenvalue weighted by Crippen LogP contribution is -2.47. The standard InChI is InChI=1S/C22H23N5OS/c28-21(26-14-8-3-9-15-26)19-18(16-10-4-1-5-11-16)25-27-20(23-24-22(27)29-19)17-12-6-2-7-13-17/h1-2,4-7,10-13,18-19,25H,3,8-9,14-15H2/t18-,19-/m1/s1. The molecular formula is C22H23N5OS. The maximum atomic E-state index is 13.4. The molecule has 1 saturated heterocycles. The Bertz CT molecular complexity index is 985. The van der Waals surface area contributed by atoms with Gasteiger partial charge in [0, 0.05) is 18.7 Å². The lowest BCUT2D eigenvalue weighted by atomic mass is 10.0. The number of rotatable bonds is 3. The molecule has 2 aliphatic heterocycles. The van der Waals surface area contributed by atoms with Gasteiger partial charge in [-0.05, 0) is 24.8 Å². The SMILES string of the molecule is O=C([C@@H]1Sc2nnc(-c3ccccc3)n2N[C@@H]1c1ccccc1)N1CCCCC1. The first kappa shape index (κ1) is 18.2. The predicted octanol–water partition coefficient (Wildman–Crippen LogP) is 3.72. The van der Waals surface area contributed by atoms with Gasteiger partial charge in [-0.25, -0.2) is 4.68 Å².